The molecule has 0 atom stereocenters. The minimum Gasteiger partial charge on any atom is -0.294 e. The smallest absolute Gasteiger partial charge is 0.174 e. The van der Waals surface area contributed by atoms with Crippen LogP contribution in [-0.2, 0) is 13.0 Å². The number of aryl methyl sites for hydroxylation is 1. The van der Waals surface area contributed by atoms with Crippen LogP contribution in [0.5, 0.6) is 0 Å². The molecule has 5 heteroatoms. The second-order valence-corrected chi connectivity index (χ2v) is 3.80. The van der Waals surface area contributed by atoms with Crippen LogP contribution in [-0.4, -0.2) is 26.0 Å². The second kappa shape index (κ2) is 4.86. The maximum absolute atomic E-state index is 11.5. The monoisotopic (exact) mass is 230 g/mol. The van der Waals surface area contributed by atoms with Crippen LogP contribution in [0.4, 0.5) is 0 Å². The van der Waals surface area contributed by atoms with Crippen LogP contribution >= 0.6 is 0 Å². The zero-order valence-corrected chi connectivity index (χ0v) is 9.92. The highest BCUT2D eigenvalue weighted by Gasteiger charge is 2.08. The quantitative estimate of drug-likeness (QED) is 0.746. The molecule has 0 N–H and O–H groups in total. The SMILES string of the molecule is CCc1nnn(Cc2ccccc2C(C)=O)n1. The Morgan fingerprint density at radius 1 is 1.35 bits per heavy atom. The van der Waals surface area contributed by atoms with Crippen LogP contribution in [0.25, 0.3) is 0 Å². The number of hydrogen-bond donors (Lipinski definition) is 0. The summed E-state index contributed by atoms with van der Waals surface area (Å²) >= 11 is 0. The van der Waals surface area contributed by atoms with Gasteiger partial charge in [-0.05, 0) is 17.7 Å². The van der Waals surface area contributed by atoms with Crippen LogP contribution in [0, 0.1) is 0 Å². The summed E-state index contributed by atoms with van der Waals surface area (Å²) < 4.78 is 0. The summed E-state index contributed by atoms with van der Waals surface area (Å²) in [4.78, 5) is 13.0. The average molecular weight is 230 g/mol. The lowest BCUT2D eigenvalue weighted by Gasteiger charge is -2.04. The summed E-state index contributed by atoms with van der Waals surface area (Å²) in [6, 6.07) is 7.48. The molecule has 5 nitrogen and oxygen atoms in total. The van der Waals surface area contributed by atoms with Crippen molar-refractivity contribution in [1.29, 1.82) is 0 Å². The molecule has 88 valence electrons. The molecular formula is C12H14N4O. The molecule has 0 aliphatic rings. The van der Waals surface area contributed by atoms with Gasteiger partial charge in [-0.2, -0.15) is 4.80 Å². The van der Waals surface area contributed by atoms with Gasteiger partial charge in [-0.3, -0.25) is 4.79 Å². The van der Waals surface area contributed by atoms with E-state index >= 15 is 0 Å². The van der Waals surface area contributed by atoms with Gasteiger partial charge in [0.15, 0.2) is 11.6 Å². The van der Waals surface area contributed by atoms with Crippen molar-refractivity contribution in [3.8, 4) is 0 Å². The first-order valence-corrected chi connectivity index (χ1v) is 5.56. The molecular weight excluding hydrogens is 216 g/mol. The fraction of sp³-hybridized carbons (Fsp3) is 0.333. The molecule has 2 aromatic rings. The van der Waals surface area contributed by atoms with Gasteiger partial charge in [0.25, 0.3) is 0 Å². The van der Waals surface area contributed by atoms with Gasteiger partial charge in [-0.1, -0.05) is 31.2 Å². The Morgan fingerprint density at radius 3 is 2.76 bits per heavy atom. The van der Waals surface area contributed by atoms with Gasteiger partial charge in [0, 0.05) is 12.0 Å². The van der Waals surface area contributed by atoms with Gasteiger partial charge in [-0.25, -0.2) is 0 Å². The Balaban J connectivity index is 2.26. The van der Waals surface area contributed by atoms with E-state index in [9.17, 15) is 4.79 Å². The van der Waals surface area contributed by atoms with Gasteiger partial charge in [0.05, 0.1) is 6.54 Å². The number of nitrogens with zero attached hydrogens (tertiary/aromatic N) is 4. The molecule has 0 fully saturated rings. The zero-order valence-electron chi connectivity index (χ0n) is 9.92. The molecule has 0 amide bonds. The fourth-order valence-electron chi connectivity index (χ4n) is 1.64. The van der Waals surface area contributed by atoms with Crippen LogP contribution in [0.3, 0.4) is 0 Å². The standard InChI is InChI=1S/C12H14N4O/c1-3-12-13-15-16(14-12)8-10-6-4-5-7-11(10)9(2)17/h4-7H,3,8H2,1-2H3. The number of aromatic nitrogens is 4. The van der Waals surface area contributed by atoms with Crippen molar-refractivity contribution < 1.29 is 4.79 Å². The maximum atomic E-state index is 11.5. The van der Waals surface area contributed by atoms with Crippen molar-refractivity contribution in [1.82, 2.24) is 20.2 Å². The third kappa shape index (κ3) is 2.55. The highest BCUT2D eigenvalue weighted by atomic mass is 16.1. The van der Waals surface area contributed by atoms with Crippen molar-refractivity contribution in [2.75, 3.05) is 0 Å². The third-order valence-corrected chi connectivity index (χ3v) is 2.52. The summed E-state index contributed by atoms with van der Waals surface area (Å²) in [5.41, 5.74) is 1.63. The molecule has 2 rings (SSSR count). The Labute approximate surface area is 99.5 Å². The highest BCUT2D eigenvalue weighted by Crippen LogP contribution is 2.10. The van der Waals surface area contributed by atoms with Crippen LogP contribution in [0.1, 0.15) is 35.6 Å². The molecule has 0 radical (unpaired) electrons. The van der Waals surface area contributed by atoms with Crippen molar-refractivity contribution in [2.45, 2.75) is 26.8 Å². The first kappa shape index (κ1) is 11.4. The summed E-state index contributed by atoms with van der Waals surface area (Å²) in [6.07, 6.45) is 0.758. The lowest BCUT2D eigenvalue weighted by Crippen LogP contribution is -2.08. The number of benzene rings is 1. The molecule has 0 aliphatic carbocycles. The predicted molar refractivity (Wildman–Crippen MR) is 62.7 cm³/mol. The van der Waals surface area contributed by atoms with Crippen molar-refractivity contribution in [3.05, 3.63) is 41.2 Å². The maximum Gasteiger partial charge on any atom is 0.174 e. The van der Waals surface area contributed by atoms with Gasteiger partial charge in [0.1, 0.15) is 0 Å². The number of carbonyl (C=O) groups excluding carboxylic acids is 1. The van der Waals surface area contributed by atoms with E-state index in [2.05, 4.69) is 15.4 Å². The van der Waals surface area contributed by atoms with E-state index < -0.39 is 0 Å². The number of hydrogen-bond acceptors (Lipinski definition) is 4. The molecule has 0 saturated heterocycles. The summed E-state index contributed by atoms with van der Waals surface area (Å²) in [5.74, 6) is 0.765. The Morgan fingerprint density at radius 2 is 2.12 bits per heavy atom. The molecule has 0 unspecified atom stereocenters. The second-order valence-electron chi connectivity index (χ2n) is 3.80. The number of ketones is 1. The van der Waals surface area contributed by atoms with Crippen molar-refractivity contribution in [3.63, 3.8) is 0 Å². The molecule has 1 aromatic carbocycles. The lowest BCUT2D eigenvalue weighted by molar-refractivity contribution is 0.101. The summed E-state index contributed by atoms with van der Waals surface area (Å²) in [7, 11) is 0. The zero-order chi connectivity index (χ0) is 12.3. The third-order valence-electron chi connectivity index (χ3n) is 2.52. The number of tetrazole rings is 1. The van der Waals surface area contributed by atoms with E-state index in [0.717, 1.165) is 12.0 Å². The van der Waals surface area contributed by atoms with Crippen molar-refractivity contribution >= 4 is 5.78 Å². The first-order valence-electron chi connectivity index (χ1n) is 5.56. The number of carbonyl (C=O) groups is 1. The van der Waals surface area contributed by atoms with Crippen LogP contribution in [0.2, 0.25) is 0 Å². The van der Waals surface area contributed by atoms with Crippen molar-refractivity contribution in [2.24, 2.45) is 0 Å². The van der Waals surface area contributed by atoms with Crippen LogP contribution in [0.15, 0.2) is 24.3 Å². The minimum absolute atomic E-state index is 0.0523. The van der Waals surface area contributed by atoms with E-state index in [1.54, 1.807) is 6.92 Å². The van der Waals surface area contributed by atoms with Crippen LogP contribution < -0.4 is 0 Å². The molecule has 17 heavy (non-hydrogen) atoms. The Hall–Kier alpha value is -2.04. The Bertz CT molecular complexity index is 533. The van der Waals surface area contributed by atoms with Gasteiger partial charge in [-0.15, -0.1) is 10.2 Å². The summed E-state index contributed by atoms with van der Waals surface area (Å²) in [6.45, 7) is 4.01. The topological polar surface area (TPSA) is 60.7 Å². The number of Topliss-reactive ketones (excluding diaryl/α,β-unsaturated/α-hetero) is 1. The lowest BCUT2D eigenvalue weighted by atomic mass is 10.0. The fourth-order valence-corrected chi connectivity index (χ4v) is 1.64. The molecule has 0 spiro atoms. The first-order chi connectivity index (χ1) is 8.20. The molecule has 0 bridgehead atoms. The Kier molecular flexibility index (Phi) is 3.27. The van der Waals surface area contributed by atoms with E-state index in [1.165, 1.54) is 4.80 Å². The molecule has 0 aliphatic heterocycles. The molecule has 0 saturated carbocycles. The van der Waals surface area contributed by atoms with E-state index in [-0.39, 0.29) is 5.78 Å². The largest absolute Gasteiger partial charge is 0.294 e. The van der Waals surface area contributed by atoms with E-state index in [4.69, 9.17) is 0 Å². The van der Waals surface area contributed by atoms with Gasteiger partial charge < -0.3 is 0 Å². The minimum atomic E-state index is 0.0523. The highest BCUT2D eigenvalue weighted by molar-refractivity contribution is 5.95. The van der Waals surface area contributed by atoms with E-state index in [1.807, 2.05) is 31.2 Å². The molecule has 1 heterocycles. The average Bonchev–Trinajstić information content (AvgIpc) is 2.77. The predicted octanol–water partition coefficient (Wildman–Crippen LogP) is 1.49. The van der Waals surface area contributed by atoms with E-state index in [0.29, 0.717) is 17.9 Å². The number of rotatable bonds is 4. The van der Waals surface area contributed by atoms with Gasteiger partial charge in [0.2, 0.25) is 0 Å². The molecule has 1 aromatic heterocycles. The van der Waals surface area contributed by atoms with Gasteiger partial charge >= 0.3 is 0 Å². The normalized spacial score (nSPS) is 10.5. The summed E-state index contributed by atoms with van der Waals surface area (Å²) in [5, 5.41) is 12.1.